The van der Waals surface area contributed by atoms with Gasteiger partial charge in [-0.05, 0) is 37.9 Å². The molecular weight excluding hydrogens is 220 g/mol. The van der Waals surface area contributed by atoms with Crippen LogP contribution in [0.25, 0.3) is 0 Å². The van der Waals surface area contributed by atoms with Gasteiger partial charge >= 0.3 is 5.69 Å². The Morgan fingerprint density at radius 1 is 1.53 bits per heavy atom. The largest absolute Gasteiger partial charge is 0.482 e. The lowest BCUT2D eigenvalue weighted by molar-refractivity contribution is -0.386. The fraction of sp³-hybridized carbons (Fsp3) is 0.500. The SMILES string of the molecule is Cc1ccc([N+](=O)[O-])c(OC2CCCNC2)c1. The van der Waals surface area contributed by atoms with Gasteiger partial charge in [0.15, 0.2) is 5.75 Å². The molecule has 1 saturated heterocycles. The quantitative estimate of drug-likeness (QED) is 0.644. The van der Waals surface area contributed by atoms with Crippen molar-refractivity contribution in [3.8, 4) is 5.75 Å². The number of piperidine rings is 1. The molecule has 0 saturated carbocycles. The maximum absolute atomic E-state index is 10.9. The molecule has 5 heteroatoms. The number of rotatable bonds is 3. The smallest absolute Gasteiger partial charge is 0.310 e. The van der Waals surface area contributed by atoms with Crippen molar-refractivity contribution in [1.82, 2.24) is 5.32 Å². The Bertz CT molecular complexity index is 414. The van der Waals surface area contributed by atoms with Gasteiger partial charge in [-0.15, -0.1) is 0 Å². The van der Waals surface area contributed by atoms with E-state index in [-0.39, 0.29) is 11.8 Å². The third-order valence-electron chi connectivity index (χ3n) is 2.86. The zero-order chi connectivity index (χ0) is 12.3. The van der Waals surface area contributed by atoms with E-state index in [1.807, 2.05) is 6.92 Å². The second-order valence-corrected chi connectivity index (χ2v) is 4.31. The zero-order valence-electron chi connectivity index (χ0n) is 9.81. The van der Waals surface area contributed by atoms with E-state index in [1.165, 1.54) is 6.07 Å². The van der Waals surface area contributed by atoms with Crippen molar-refractivity contribution in [3.05, 3.63) is 33.9 Å². The number of nitrogens with zero attached hydrogens (tertiary/aromatic N) is 1. The number of benzene rings is 1. The minimum absolute atomic E-state index is 0.0317. The third kappa shape index (κ3) is 2.94. The number of nitrogens with one attached hydrogen (secondary N) is 1. The first-order chi connectivity index (χ1) is 8.16. The van der Waals surface area contributed by atoms with Crippen LogP contribution in [0.3, 0.4) is 0 Å². The summed E-state index contributed by atoms with van der Waals surface area (Å²) in [6.45, 7) is 3.65. The maximum atomic E-state index is 10.9. The second kappa shape index (κ2) is 5.14. The van der Waals surface area contributed by atoms with Crippen LogP contribution in [-0.2, 0) is 0 Å². The molecule has 0 aliphatic carbocycles. The fourth-order valence-electron chi connectivity index (χ4n) is 1.97. The molecule has 1 unspecified atom stereocenters. The summed E-state index contributed by atoms with van der Waals surface area (Å²) in [5, 5.41) is 14.1. The Morgan fingerprint density at radius 3 is 3.00 bits per heavy atom. The number of hydrogen-bond donors (Lipinski definition) is 1. The maximum Gasteiger partial charge on any atom is 0.310 e. The first kappa shape index (κ1) is 11.9. The van der Waals surface area contributed by atoms with E-state index >= 15 is 0 Å². The van der Waals surface area contributed by atoms with Crippen molar-refractivity contribution in [2.24, 2.45) is 0 Å². The van der Waals surface area contributed by atoms with Crippen molar-refractivity contribution in [2.45, 2.75) is 25.9 Å². The van der Waals surface area contributed by atoms with Crippen LogP contribution < -0.4 is 10.1 Å². The molecule has 1 aliphatic rings. The molecule has 2 rings (SSSR count). The van der Waals surface area contributed by atoms with Crippen molar-refractivity contribution >= 4 is 5.69 Å². The molecule has 5 nitrogen and oxygen atoms in total. The van der Waals surface area contributed by atoms with E-state index in [0.29, 0.717) is 5.75 Å². The lowest BCUT2D eigenvalue weighted by atomic mass is 10.1. The summed E-state index contributed by atoms with van der Waals surface area (Å²) >= 11 is 0. The summed E-state index contributed by atoms with van der Waals surface area (Å²) in [7, 11) is 0. The van der Waals surface area contributed by atoms with Gasteiger partial charge in [-0.3, -0.25) is 10.1 Å². The van der Waals surface area contributed by atoms with Crippen molar-refractivity contribution in [1.29, 1.82) is 0 Å². The van der Waals surface area contributed by atoms with E-state index in [1.54, 1.807) is 12.1 Å². The molecule has 1 heterocycles. The topological polar surface area (TPSA) is 64.4 Å². The van der Waals surface area contributed by atoms with E-state index < -0.39 is 4.92 Å². The lowest BCUT2D eigenvalue weighted by Crippen LogP contribution is -2.37. The van der Waals surface area contributed by atoms with Gasteiger partial charge in [0.2, 0.25) is 0 Å². The van der Waals surface area contributed by atoms with Crippen LogP contribution >= 0.6 is 0 Å². The fourth-order valence-corrected chi connectivity index (χ4v) is 1.97. The van der Waals surface area contributed by atoms with Gasteiger partial charge in [-0.1, -0.05) is 6.07 Å². The standard InChI is InChI=1S/C12H16N2O3/c1-9-4-5-11(14(15)16)12(7-9)17-10-3-2-6-13-8-10/h4-5,7,10,13H,2-3,6,8H2,1H3. The molecule has 0 aromatic heterocycles. The van der Waals surface area contributed by atoms with Crippen LogP contribution in [0.15, 0.2) is 18.2 Å². The predicted octanol–water partition coefficient (Wildman–Crippen LogP) is 2.03. The van der Waals surface area contributed by atoms with Crippen molar-refractivity contribution in [2.75, 3.05) is 13.1 Å². The minimum Gasteiger partial charge on any atom is -0.482 e. The first-order valence-electron chi connectivity index (χ1n) is 5.79. The molecule has 92 valence electrons. The summed E-state index contributed by atoms with van der Waals surface area (Å²) in [6.07, 6.45) is 2.02. The molecule has 1 fully saturated rings. The van der Waals surface area contributed by atoms with Crippen LogP contribution in [0.1, 0.15) is 18.4 Å². The van der Waals surface area contributed by atoms with E-state index in [0.717, 1.165) is 31.5 Å². The number of ether oxygens (including phenoxy) is 1. The van der Waals surface area contributed by atoms with Gasteiger partial charge in [0.1, 0.15) is 6.10 Å². The van der Waals surface area contributed by atoms with Crippen molar-refractivity contribution < 1.29 is 9.66 Å². The Hall–Kier alpha value is -1.62. The normalized spacial score (nSPS) is 19.9. The number of hydrogen-bond acceptors (Lipinski definition) is 4. The monoisotopic (exact) mass is 236 g/mol. The highest BCUT2D eigenvalue weighted by molar-refractivity contribution is 5.48. The molecular formula is C12H16N2O3. The van der Waals surface area contributed by atoms with E-state index in [4.69, 9.17) is 4.74 Å². The molecule has 1 aromatic rings. The molecule has 1 atom stereocenters. The van der Waals surface area contributed by atoms with E-state index in [9.17, 15) is 10.1 Å². The molecule has 1 aromatic carbocycles. The summed E-state index contributed by atoms with van der Waals surface area (Å²) in [5.41, 5.74) is 1.01. The van der Waals surface area contributed by atoms with E-state index in [2.05, 4.69) is 5.32 Å². The molecule has 0 radical (unpaired) electrons. The first-order valence-corrected chi connectivity index (χ1v) is 5.79. The summed E-state index contributed by atoms with van der Waals surface area (Å²) in [6, 6.07) is 4.96. The third-order valence-corrected chi connectivity index (χ3v) is 2.86. The van der Waals surface area contributed by atoms with Crippen LogP contribution in [0, 0.1) is 17.0 Å². The molecule has 1 aliphatic heterocycles. The highest BCUT2D eigenvalue weighted by Crippen LogP contribution is 2.29. The minimum atomic E-state index is -0.398. The average Bonchev–Trinajstić information content (AvgIpc) is 2.30. The molecule has 0 bridgehead atoms. The Balaban J connectivity index is 2.17. The molecule has 0 amide bonds. The Labute approximate surface area is 99.9 Å². The van der Waals surface area contributed by atoms with Gasteiger partial charge in [0.05, 0.1) is 4.92 Å². The average molecular weight is 236 g/mol. The number of aryl methyl sites for hydroxylation is 1. The Morgan fingerprint density at radius 2 is 2.35 bits per heavy atom. The van der Waals surface area contributed by atoms with Crippen LogP contribution in [0.4, 0.5) is 5.69 Å². The Kier molecular flexibility index (Phi) is 3.58. The van der Waals surface area contributed by atoms with Crippen molar-refractivity contribution in [3.63, 3.8) is 0 Å². The number of nitro groups is 1. The summed E-state index contributed by atoms with van der Waals surface area (Å²) < 4.78 is 5.72. The van der Waals surface area contributed by atoms with Gasteiger partial charge in [-0.25, -0.2) is 0 Å². The zero-order valence-corrected chi connectivity index (χ0v) is 9.81. The summed E-state index contributed by atoms with van der Waals surface area (Å²) in [4.78, 5) is 10.5. The van der Waals surface area contributed by atoms with Crippen LogP contribution in [-0.4, -0.2) is 24.1 Å². The molecule has 1 N–H and O–H groups in total. The highest BCUT2D eigenvalue weighted by Gasteiger charge is 2.20. The number of nitro benzene ring substituents is 1. The second-order valence-electron chi connectivity index (χ2n) is 4.31. The predicted molar refractivity (Wildman–Crippen MR) is 64.4 cm³/mol. The van der Waals surface area contributed by atoms with Crippen LogP contribution in [0.5, 0.6) is 5.75 Å². The summed E-state index contributed by atoms with van der Waals surface area (Å²) in [5.74, 6) is 0.378. The van der Waals surface area contributed by atoms with Gasteiger partial charge < -0.3 is 10.1 Å². The van der Waals surface area contributed by atoms with Gasteiger partial charge in [0.25, 0.3) is 0 Å². The molecule has 17 heavy (non-hydrogen) atoms. The highest BCUT2D eigenvalue weighted by atomic mass is 16.6. The van der Waals surface area contributed by atoms with Gasteiger partial charge in [-0.2, -0.15) is 0 Å². The van der Waals surface area contributed by atoms with Gasteiger partial charge in [0, 0.05) is 12.6 Å². The van der Waals surface area contributed by atoms with Crippen LogP contribution in [0.2, 0.25) is 0 Å². The lowest BCUT2D eigenvalue weighted by Gasteiger charge is -2.23. The molecule has 0 spiro atoms.